The van der Waals surface area contributed by atoms with Gasteiger partial charge in [0.25, 0.3) is 0 Å². The first-order chi connectivity index (χ1) is 8.76. The number of hydrogen-bond donors (Lipinski definition) is 1. The molecule has 2 atom stereocenters. The molecular formula is C14H19BrN2O. The molecule has 1 aromatic rings. The second-order valence-electron chi connectivity index (χ2n) is 5.34. The number of ether oxygens (including phenoxy) is 1. The van der Waals surface area contributed by atoms with E-state index < -0.39 is 0 Å². The Bertz CT molecular complexity index is 426. The fourth-order valence-corrected chi connectivity index (χ4v) is 3.74. The summed E-state index contributed by atoms with van der Waals surface area (Å²) in [5, 5.41) is 3.48. The summed E-state index contributed by atoms with van der Waals surface area (Å²) in [5.74, 6) is 2.64. The molecule has 0 aromatic heterocycles. The zero-order valence-electron chi connectivity index (χ0n) is 10.7. The van der Waals surface area contributed by atoms with Gasteiger partial charge in [-0.1, -0.05) is 6.07 Å². The lowest BCUT2D eigenvalue weighted by Crippen LogP contribution is -2.25. The summed E-state index contributed by atoms with van der Waals surface area (Å²) in [6.45, 7) is 5.93. The Kier molecular flexibility index (Phi) is 3.59. The minimum absolute atomic E-state index is 0.867. The molecule has 18 heavy (non-hydrogen) atoms. The van der Waals surface area contributed by atoms with Crippen molar-refractivity contribution in [2.75, 3.05) is 33.3 Å². The molecule has 0 saturated carbocycles. The lowest BCUT2D eigenvalue weighted by molar-refractivity contribution is 0.305. The van der Waals surface area contributed by atoms with Crippen LogP contribution in [0.25, 0.3) is 0 Å². The predicted molar refractivity (Wildman–Crippen MR) is 75.8 cm³/mol. The van der Waals surface area contributed by atoms with Gasteiger partial charge >= 0.3 is 0 Å². The van der Waals surface area contributed by atoms with Crippen molar-refractivity contribution in [1.29, 1.82) is 0 Å². The Hall–Kier alpha value is -0.580. The molecule has 0 spiro atoms. The van der Waals surface area contributed by atoms with E-state index in [2.05, 4.69) is 38.3 Å². The standard InChI is InChI=1S/C14H19BrN2O/c1-18-14-3-2-10(4-13(14)15)7-17-8-11-5-16-6-12(11)9-17/h2-4,11-12,16H,5-9H2,1H3. The molecule has 2 saturated heterocycles. The molecule has 2 aliphatic heterocycles. The van der Waals surface area contributed by atoms with Crippen LogP contribution in [0.5, 0.6) is 5.75 Å². The van der Waals surface area contributed by atoms with Crippen molar-refractivity contribution in [2.45, 2.75) is 6.54 Å². The summed E-state index contributed by atoms with van der Waals surface area (Å²) in [6.07, 6.45) is 0. The van der Waals surface area contributed by atoms with Crippen LogP contribution >= 0.6 is 15.9 Å². The van der Waals surface area contributed by atoms with Gasteiger partial charge < -0.3 is 10.1 Å². The minimum atomic E-state index is 0.867. The molecule has 1 N–H and O–H groups in total. The van der Waals surface area contributed by atoms with Gasteiger partial charge in [0.2, 0.25) is 0 Å². The third-order valence-corrected chi connectivity index (χ3v) is 4.71. The van der Waals surface area contributed by atoms with E-state index in [0.29, 0.717) is 0 Å². The number of rotatable bonds is 3. The average Bonchev–Trinajstić information content (AvgIpc) is 2.90. The van der Waals surface area contributed by atoms with Crippen LogP contribution in [0.15, 0.2) is 22.7 Å². The van der Waals surface area contributed by atoms with Crippen molar-refractivity contribution in [3.05, 3.63) is 28.2 Å². The van der Waals surface area contributed by atoms with Crippen molar-refractivity contribution in [3.8, 4) is 5.75 Å². The van der Waals surface area contributed by atoms with Crippen LogP contribution in [-0.4, -0.2) is 38.2 Å². The molecule has 2 unspecified atom stereocenters. The van der Waals surface area contributed by atoms with E-state index in [9.17, 15) is 0 Å². The second-order valence-corrected chi connectivity index (χ2v) is 6.20. The molecule has 2 fully saturated rings. The van der Waals surface area contributed by atoms with Gasteiger partial charge in [0.1, 0.15) is 5.75 Å². The highest BCUT2D eigenvalue weighted by molar-refractivity contribution is 9.10. The van der Waals surface area contributed by atoms with Crippen LogP contribution in [0, 0.1) is 11.8 Å². The number of nitrogens with zero attached hydrogens (tertiary/aromatic N) is 1. The molecule has 0 bridgehead atoms. The topological polar surface area (TPSA) is 24.5 Å². The van der Waals surface area contributed by atoms with Crippen LogP contribution < -0.4 is 10.1 Å². The van der Waals surface area contributed by atoms with Gasteiger partial charge in [-0.3, -0.25) is 4.90 Å². The van der Waals surface area contributed by atoms with Gasteiger partial charge in [0.05, 0.1) is 11.6 Å². The highest BCUT2D eigenvalue weighted by atomic mass is 79.9. The van der Waals surface area contributed by atoms with E-state index in [-0.39, 0.29) is 0 Å². The van der Waals surface area contributed by atoms with Crippen molar-refractivity contribution < 1.29 is 4.74 Å². The number of fused-ring (bicyclic) bond motifs is 1. The molecule has 2 heterocycles. The van der Waals surface area contributed by atoms with Gasteiger partial charge in [0, 0.05) is 19.6 Å². The van der Waals surface area contributed by atoms with Crippen molar-refractivity contribution in [3.63, 3.8) is 0 Å². The quantitative estimate of drug-likeness (QED) is 0.925. The lowest BCUT2D eigenvalue weighted by Gasteiger charge is -2.17. The zero-order chi connectivity index (χ0) is 12.5. The van der Waals surface area contributed by atoms with Crippen LogP contribution in [0.3, 0.4) is 0 Å². The van der Waals surface area contributed by atoms with E-state index in [4.69, 9.17) is 4.74 Å². The monoisotopic (exact) mass is 310 g/mol. The van der Waals surface area contributed by atoms with Gasteiger partial charge in [-0.15, -0.1) is 0 Å². The third kappa shape index (κ3) is 2.42. The maximum Gasteiger partial charge on any atom is 0.133 e. The Morgan fingerprint density at radius 1 is 1.33 bits per heavy atom. The molecular weight excluding hydrogens is 292 g/mol. The van der Waals surface area contributed by atoms with E-state index in [1.807, 2.05) is 6.07 Å². The van der Waals surface area contributed by atoms with E-state index >= 15 is 0 Å². The molecule has 4 heteroatoms. The molecule has 0 radical (unpaired) electrons. The van der Waals surface area contributed by atoms with Gasteiger partial charge in [-0.2, -0.15) is 0 Å². The molecule has 0 amide bonds. The molecule has 1 aromatic carbocycles. The summed E-state index contributed by atoms with van der Waals surface area (Å²) in [5.41, 5.74) is 1.36. The molecule has 3 rings (SSSR count). The minimum Gasteiger partial charge on any atom is -0.496 e. The van der Waals surface area contributed by atoms with E-state index in [1.165, 1.54) is 31.7 Å². The largest absolute Gasteiger partial charge is 0.496 e. The Labute approximate surface area is 117 Å². The molecule has 98 valence electrons. The molecule has 0 aliphatic carbocycles. The number of hydrogen-bond acceptors (Lipinski definition) is 3. The number of halogens is 1. The normalized spacial score (nSPS) is 27.4. The highest BCUT2D eigenvalue weighted by Gasteiger charge is 2.35. The zero-order valence-corrected chi connectivity index (χ0v) is 12.2. The fraction of sp³-hybridized carbons (Fsp3) is 0.571. The summed E-state index contributed by atoms with van der Waals surface area (Å²) < 4.78 is 6.31. The fourth-order valence-electron chi connectivity index (χ4n) is 3.15. The maximum absolute atomic E-state index is 5.26. The summed E-state index contributed by atoms with van der Waals surface area (Å²) in [6, 6.07) is 6.37. The van der Waals surface area contributed by atoms with Gasteiger partial charge in [-0.05, 0) is 58.6 Å². The first kappa shape index (κ1) is 12.5. The highest BCUT2D eigenvalue weighted by Crippen LogP contribution is 2.29. The number of likely N-dealkylation sites (tertiary alicyclic amines) is 1. The summed E-state index contributed by atoms with van der Waals surface area (Å²) in [4.78, 5) is 2.57. The van der Waals surface area contributed by atoms with Crippen molar-refractivity contribution in [2.24, 2.45) is 11.8 Å². The molecule has 3 nitrogen and oxygen atoms in total. The van der Waals surface area contributed by atoms with Crippen molar-refractivity contribution >= 4 is 15.9 Å². The summed E-state index contributed by atoms with van der Waals surface area (Å²) >= 11 is 3.55. The van der Waals surface area contributed by atoms with Gasteiger partial charge in [0.15, 0.2) is 0 Å². The van der Waals surface area contributed by atoms with E-state index in [0.717, 1.165) is 28.6 Å². The SMILES string of the molecule is COc1ccc(CN2CC3CNCC3C2)cc1Br. The Morgan fingerprint density at radius 2 is 2.06 bits per heavy atom. The van der Waals surface area contributed by atoms with Crippen LogP contribution in [0.2, 0.25) is 0 Å². The smallest absolute Gasteiger partial charge is 0.133 e. The second kappa shape index (κ2) is 5.19. The maximum atomic E-state index is 5.26. The average molecular weight is 311 g/mol. The first-order valence-electron chi connectivity index (χ1n) is 6.52. The Balaban J connectivity index is 1.65. The lowest BCUT2D eigenvalue weighted by atomic mass is 10.0. The Morgan fingerprint density at radius 3 is 2.67 bits per heavy atom. The number of methoxy groups -OCH3 is 1. The van der Waals surface area contributed by atoms with Crippen LogP contribution in [-0.2, 0) is 6.54 Å². The van der Waals surface area contributed by atoms with Crippen molar-refractivity contribution in [1.82, 2.24) is 10.2 Å². The summed E-state index contributed by atoms with van der Waals surface area (Å²) in [7, 11) is 1.70. The number of benzene rings is 1. The first-order valence-corrected chi connectivity index (χ1v) is 7.31. The predicted octanol–water partition coefficient (Wildman–Crippen LogP) is 2.11. The number of nitrogens with one attached hydrogen (secondary N) is 1. The van der Waals surface area contributed by atoms with Gasteiger partial charge in [-0.25, -0.2) is 0 Å². The third-order valence-electron chi connectivity index (χ3n) is 4.09. The van der Waals surface area contributed by atoms with Crippen LogP contribution in [0.1, 0.15) is 5.56 Å². The van der Waals surface area contributed by atoms with Crippen LogP contribution in [0.4, 0.5) is 0 Å². The molecule has 2 aliphatic rings. The van der Waals surface area contributed by atoms with E-state index in [1.54, 1.807) is 7.11 Å².